The number of piperazine rings is 1. The molecular formula is C38H48N4O5S. The number of benzene rings is 2. The van der Waals surface area contributed by atoms with Crippen molar-refractivity contribution in [2.24, 2.45) is 5.41 Å². The molecule has 3 saturated heterocycles. The predicted octanol–water partition coefficient (Wildman–Crippen LogP) is 6.06. The summed E-state index contributed by atoms with van der Waals surface area (Å²) < 4.78 is 36.1. The number of hydrogen-bond donors (Lipinski definition) is 1. The maximum absolute atomic E-state index is 14.5. The Morgan fingerprint density at radius 3 is 2.23 bits per heavy atom. The van der Waals surface area contributed by atoms with Gasteiger partial charge >= 0.3 is 0 Å². The number of rotatable bonds is 9. The van der Waals surface area contributed by atoms with Crippen LogP contribution >= 0.6 is 0 Å². The fraction of sp³-hybridized carbons (Fsp3) is 0.579. The quantitative estimate of drug-likeness (QED) is 0.297. The number of methoxy groups -OCH3 is 1. The van der Waals surface area contributed by atoms with Crippen molar-refractivity contribution >= 4 is 32.7 Å². The number of likely N-dealkylation sites (N-methyl/N-ethyl adjacent to an activating group) is 1. The predicted molar refractivity (Wildman–Crippen MR) is 187 cm³/mol. The minimum atomic E-state index is -3.73. The van der Waals surface area contributed by atoms with Crippen LogP contribution in [0.1, 0.15) is 98.9 Å². The first-order valence-corrected chi connectivity index (χ1v) is 19.6. The summed E-state index contributed by atoms with van der Waals surface area (Å²) in [7, 11) is 0.122. The largest absolute Gasteiger partial charge is 0.497 e. The third kappa shape index (κ3) is 5.53. The first-order chi connectivity index (χ1) is 23.2. The van der Waals surface area contributed by atoms with Gasteiger partial charge in [-0.3, -0.25) is 14.5 Å². The second-order valence-corrected chi connectivity index (χ2v) is 17.2. The van der Waals surface area contributed by atoms with Crippen LogP contribution in [0.25, 0.3) is 22.2 Å². The van der Waals surface area contributed by atoms with Crippen LogP contribution < -0.4 is 9.46 Å². The van der Waals surface area contributed by atoms with Gasteiger partial charge in [-0.15, -0.1) is 0 Å². The average Bonchev–Trinajstić information content (AvgIpc) is 3.79. The molecule has 3 saturated carbocycles. The van der Waals surface area contributed by atoms with E-state index in [0.717, 1.165) is 85.9 Å². The number of carbonyl (C=O) groups is 2. The van der Waals surface area contributed by atoms with Gasteiger partial charge in [0, 0.05) is 48.2 Å². The molecule has 2 atom stereocenters. The van der Waals surface area contributed by atoms with Gasteiger partial charge < -0.3 is 14.2 Å². The number of nitrogens with zero attached hydrogens (tertiary/aromatic N) is 3. The van der Waals surface area contributed by atoms with Crippen LogP contribution in [0.2, 0.25) is 0 Å². The Morgan fingerprint density at radius 2 is 1.62 bits per heavy atom. The van der Waals surface area contributed by atoms with Gasteiger partial charge in [0.1, 0.15) is 5.75 Å². The summed E-state index contributed by atoms with van der Waals surface area (Å²) in [6.07, 6.45) is 11.7. The Balaban J connectivity index is 1.25. The van der Waals surface area contributed by atoms with E-state index in [4.69, 9.17) is 4.74 Å². The van der Waals surface area contributed by atoms with Crippen molar-refractivity contribution in [1.29, 1.82) is 0 Å². The number of ether oxygens (including phenoxy) is 1. The zero-order chi connectivity index (χ0) is 33.2. The van der Waals surface area contributed by atoms with Crippen molar-refractivity contribution in [3.63, 3.8) is 0 Å². The second-order valence-electron chi connectivity index (χ2n) is 15.2. The van der Waals surface area contributed by atoms with E-state index in [0.29, 0.717) is 36.9 Å². The average molecular weight is 673 g/mol. The summed E-state index contributed by atoms with van der Waals surface area (Å²) in [5.74, 6) is 0.823. The lowest BCUT2D eigenvalue weighted by Gasteiger charge is -2.51. The molecule has 2 unspecified atom stereocenters. The summed E-state index contributed by atoms with van der Waals surface area (Å²) in [6.45, 7) is 2.27. The molecule has 0 spiro atoms. The summed E-state index contributed by atoms with van der Waals surface area (Å²) in [5, 5.41) is 0.590. The molecular weight excluding hydrogens is 625 g/mol. The van der Waals surface area contributed by atoms with E-state index in [1.165, 1.54) is 24.8 Å². The fourth-order valence-electron chi connectivity index (χ4n) is 8.98. The molecule has 3 aromatic rings. The van der Waals surface area contributed by atoms with Crippen molar-refractivity contribution in [3.05, 3.63) is 53.6 Å². The summed E-state index contributed by atoms with van der Waals surface area (Å²) in [4.78, 5) is 32.7. The number of aromatic nitrogens is 1. The van der Waals surface area contributed by atoms with Gasteiger partial charge in [0.05, 0.1) is 23.5 Å². The van der Waals surface area contributed by atoms with Crippen LogP contribution in [0, 0.1) is 5.41 Å². The molecule has 3 aliphatic heterocycles. The van der Waals surface area contributed by atoms with E-state index < -0.39 is 26.6 Å². The molecule has 9 rings (SSSR count). The van der Waals surface area contributed by atoms with Crippen LogP contribution in [0.3, 0.4) is 0 Å². The van der Waals surface area contributed by atoms with Crippen LogP contribution in [0.5, 0.6) is 5.75 Å². The highest BCUT2D eigenvalue weighted by atomic mass is 32.2. The molecule has 48 heavy (non-hydrogen) atoms. The first-order valence-electron chi connectivity index (χ1n) is 18.1. The highest BCUT2D eigenvalue weighted by molar-refractivity contribution is 7.90. The normalized spacial score (nSPS) is 24.4. The number of nitrogens with one attached hydrogen (secondary N) is 1. The van der Waals surface area contributed by atoms with Crippen molar-refractivity contribution in [3.8, 4) is 17.0 Å². The highest BCUT2D eigenvalue weighted by Gasteiger charge is 2.55. The first kappa shape index (κ1) is 31.9. The van der Waals surface area contributed by atoms with Crippen molar-refractivity contribution in [2.75, 3.05) is 27.2 Å². The molecule has 1 N–H and O–H groups in total. The molecule has 2 bridgehead atoms. The lowest BCUT2D eigenvalue weighted by atomic mass is 9.81. The zero-order valence-corrected chi connectivity index (χ0v) is 29.1. The number of sulfonamides is 1. The van der Waals surface area contributed by atoms with Gasteiger partial charge in [0.2, 0.25) is 15.9 Å². The molecule has 256 valence electrons. The van der Waals surface area contributed by atoms with Crippen LogP contribution in [-0.2, 0) is 21.4 Å². The van der Waals surface area contributed by atoms with E-state index in [9.17, 15) is 18.0 Å². The summed E-state index contributed by atoms with van der Waals surface area (Å²) in [5.41, 5.74) is 4.19. The maximum atomic E-state index is 14.5. The van der Waals surface area contributed by atoms with E-state index in [2.05, 4.69) is 38.3 Å². The fourth-order valence-corrected chi connectivity index (χ4v) is 10.5. The Hall–Kier alpha value is -3.37. The number of amides is 2. The molecule has 0 radical (unpaired) electrons. The summed E-state index contributed by atoms with van der Waals surface area (Å²) >= 11 is 0. The second kappa shape index (κ2) is 12.2. The van der Waals surface area contributed by atoms with E-state index in [1.54, 1.807) is 13.2 Å². The number of hydrogen-bond acceptors (Lipinski definition) is 6. The lowest BCUT2D eigenvalue weighted by molar-refractivity contribution is -0.147. The van der Waals surface area contributed by atoms with Crippen molar-refractivity contribution in [1.82, 2.24) is 19.1 Å². The van der Waals surface area contributed by atoms with Crippen molar-refractivity contribution in [2.45, 2.75) is 107 Å². The Kier molecular flexibility index (Phi) is 8.10. The molecule has 1 aromatic heterocycles. The SMILES string of the molecule is COc1ccc(-c2c(C3CCCCC3)c3ccc(C(=O)NS(=O)(=O)C4CCC4)cc3n2CC2(C(=O)N3CC4CCC3CN4C)CC2)cc1. The van der Waals surface area contributed by atoms with Gasteiger partial charge in [-0.25, -0.2) is 13.1 Å². The molecule has 2 amide bonds. The van der Waals surface area contributed by atoms with Crippen molar-refractivity contribution < 1.29 is 22.7 Å². The van der Waals surface area contributed by atoms with E-state index >= 15 is 0 Å². The van der Waals surface area contributed by atoms with Gasteiger partial charge in [0.15, 0.2) is 0 Å². The lowest BCUT2D eigenvalue weighted by Crippen LogP contribution is -2.64. The highest BCUT2D eigenvalue weighted by Crippen LogP contribution is 2.53. The van der Waals surface area contributed by atoms with E-state index in [-0.39, 0.29) is 11.9 Å². The third-order valence-electron chi connectivity index (χ3n) is 12.3. The molecule has 3 aliphatic carbocycles. The molecule has 4 heterocycles. The maximum Gasteiger partial charge on any atom is 0.264 e. The number of fused-ring (bicyclic) bond motifs is 4. The molecule has 9 nitrogen and oxygen atoms in total. The Bertz CT molecular complexity index is 1840. The minimum Gasteiger partial charge on any atom is -0.497 e. The summed E-state index contributed by atoms with van der Waals surface area (Å²) in [6, 6.07) is 14.6. The minimum absolute atomic E-state index is 0.262. The molecule has 6 fully saturated rings. The van der Waals surface area contributed by atoms with Crippen LogP contribution in [0.15, 0.2) is 42.5 Å². The Labute approximate surface area is 284 Å². The zero-order valence-electron chi connectivity index (χ0n) is 28.2. The number of carbonyl (C=O) groups excluding carboxylic acids is 2. The van der Waals surface area contributed by atoms with Crippen LogP contribution in [0.4, 0.5) is 0 Å². The van der Waals surface area contributed by atoms with Gasteiger partial charge in [-0.1, -0.05) is 31.7 Å². The Morgan fingerprint density at radius 1 is 0.896 bits per heavy atom. The topological polar surface area (TPSA) is 101 Å². The molecule has 2 aromatic carbocycles. The molecule has 6 aliphatic rings. The number of piperidine rings is 2. The smallest absolute Gasteiger partial charge is 0.264 e. The molecule has 10 heteroatoms. The monoisotopic (exact) mass is 672 g/mol. The standard InChI is InChI=1S/C38H48N4O5S/c1-40-22-29-15-14-28(40)23-41(29)37(44)38(19-20-38)24-42-33-21-27(36(43)39-48(45,46)31-9-6-10-31)13-18-32(33)34(25-7-4-3-5-8-25)35(42)26-11-16-30(47-2)17-12-26/h11-13,16-18,21,25,28-29,31H,3-10,14-15,19-20,22-24H2,1-2H3,(H,39,43). The van der Waals surface area contributed by atoms with Gasteiger partial charge in [-0.2, -0.15) is 0 Å². The van der Waals surface area contributed by atoms with Gasteiger partial charge in [0.25, 0.3) is 5.91 Å². The van der Waals surface area contributed by atoms with E-state index in [1.807, 2.05) is 24.3 Å². The third-order valence-corrected chi connectivity index (χ3v) is 14.1. The van der Waals surface area contributed by atoms with Crippen LogP contribution in [-0.4, -0.2) is 79.2 Å². The van der Waals surface area contributed by atoms with Gasteiger partial charge in [-0.05, 0) is 112 Å².